The van der Waals surface area contributed by atoms with Crippen molar-refractivity contribution in [3.63, 3.8) is 0 Å². The average Bonchev–Trinajstić information content (AvgIpc) is 2.73. The van der Waals surface area contributed by atoms with E-state index < -0.39 is 5.41 Å². The maximum Gasteiger partial charge on any atom is 0.223 e. The summed E-state index contributed by atoms with van der Waals surface area (Å²) in [6.07, 6.45) is 11.4. The van der Waals surface area contributed by atoms with Gasteiger partial charge in [-0.1, -0.05) is 54.0 Å². The zero-order valence-electron chi connectivity index (χ0n) is 22.7. The Morgan fingerprint density at radius 2 is 1.56 bits per heavy atom. The second-order valence-electron chi connectivity index (χ2n) is 15.1. The maximum absolute atomic E-state index is 14.3. The van der Waals surface area contributed by atoms with Gasteiger partial charge in [-0.05, 0) is 103 Å². The molecule has 5 aliphatic carbocycles. The molecule has 4 heteroatoms. The number of allylic oxidation sites excluding steroid dienone is 2. The van der Waals surface area contributed by atoms with E-state index in [1.165, 1.54) is 12.0 Å². The van der Waals surface area contributed by atoms with Crippen LogP contribution in [0.1, 0.15) is 106 Å². The summed E-state index contributed by atoms with van der Waals surface area (Å²) in [7, 11) is 0. The number of ketones is 1. The Morgan fingerprint density at radius 1 is 0.912 bits per heavy atom. The highest BCUT2D eigenvalue weighted by atomic mass is 16.1. The Labute approximate surface area is 207 Å². The lowest BCUT2D eigenvalue weighted by atomic mass is 9.33. The van der Waals surface area contributed by atoms with Crippen LogP contribution >= 0.6 is 0 Å². The van der Waals surface area contributed by atoms with E-state index in [0.717, 1.165) is 51.4 Å². The van der Waals surface area contributed by atoms with Crippen molar-refractivity contribution in [2.24, 2.45) is 61.7 Å². The number of nitrogens with two attached hydrogens (primary N) is 2. The molecule has 0 radical (unpaired) electrons. The monoisotopic (exact) mass is 468 g/mol. The van der Waals surface area contributed by atoms with Gasteiger partial charge in [0.15, 0.2) is 5.78 Å². The molecule has 9 atom stereocenters. The smallest absolute Gasteiger partial charge is 0.223 e. The van der Waals surface area contributed by atoms with Gasteiger partial charge in [-0.25, -0.2) is 0 Å². The first-order chi connectivity index (χ1) is 15.6. The molecular formula is C30H48N2O2. The van der Waals surface area contributed by atoms with Crippen LogP contribution in [-0.2, 0) is 9.59 Å². The van der Waals surface area contributed by atoms with Crippen molar-refractivity contribution in [3.05, 3.63) is 11.6 Å². The molecule has 0 aliphatic heterocycles. The Bertz CT molecular complexity index is 969. The van der Waals surface area contributed by atoms with Gasteiger partial charge in [0.1, 0.15) is 0 Å². The van der Waals surface area contributed by atoms with E-state index in [1.807, 2.05) is 0 Å². The van der Waals surface area contributed by atoms with E-state index in [1.54, 1.807) is 0 Å². The van der Waals surface area contributed by atoms with E-state index >= 15 is 0 Å². The first-order valence-electron chi connectivity index (χ1n) is 13.9. The topological polar surface area (TPSA) is 86.2 Å². The van der Waals surface area contributed by atoms with Gasteiger partial charge >= 0.3 is 0 Å². The molecule has 5 rings (SSSR count). The van der Waals surface area contributed by atoms with Gasteiger partial charge in [0.05, 0.1) is 0 Å². The van der Waals surface area contributed by atoms with Crippen molar-refractivity contribution in [3.8, 4) is 0 Å². The molecule has 0 heterocycles. The molecule has 0 saturated heterocycles. The van der Waals surface area contributed by atoms with Crippen molar-refractivity contribution >= 4 is 11.7 Å². The van der Waals surface area contributed by atoms with Crippen LogP contribution in [0.4, 0.5) is 0 Å². The van der Waals surface area contributed by atoms with Crippen molar-refractivity contribution in [1.29, 1.82) is 0 Å². The Balaban J connectivity index is 1.62. The predicted octanol–water partition coefficient (Wildman–Crippen LogP) is 5.78. The molecule has 0 aromatic rings. The SMILES string of the molecule is CC1(C)[C@H](N)CC[C@]2(C)[C@H]3C(=O)C=C4[C@@H]5C[C@@](C)(C(N)=O)CC[C@]5(C)CC[C@@]4(C)[C@]3(C)CC[C@@H]12. The van der Waals surface area contributed by atoms with Gasteiger partial charge < -0.3 is 11.5 Å². The summed E-state index contributed by atoms with van der Waals surface area (Å²) in [6.45, 7) is 16.5. The van der Waals surface area contributed by atoms with E-state index in [9.17, 15) is 9.59 Å². The molecule has 0 aromatic carbocycles. The van der Waals surface area contributed by atoms with Crippen LogP contribution in [0.25, 0.3) is 0 Å². The summed E-state index contributed by atoms with van der Waals surface area (Å²) in [5.74, 6) is 0.966. The number of primary amides is 1. The summed E-state index contributed by atoms with van der Waals surface area (Å²) in [5.41, 5.74) is 13.6. The lowest BCUT2D eigenvalue weighted by molar-refractivity contribution is -0.187. The molecule has 0 spiro atoms. The summed E-state index contributed by atoms with van der Waals surface area (Å²) >= 11 is 0. The van der Waals surface area contributed by atoms with Crippen LogP contribution in [0, 0.1) is 50.2 Å². The van der Waals surface area contributed by atoms with E-state index in [0.29, 0.717) is 11.7 Å². The first-order valence-corrected chi connectivity index (χ1v) is 13.9. The Hall–Kier alpha value is -1.16. The molecular weight excluding hydrogens is 420 g/mol. The van der Waals surface area contributed by atoms with E-state index in [4.69, 9.17) is 11.5 Å². The molecule has 34 heavy (non-hydrogen) atoms. The number of rotatable bonds is 1. The quantitative estimate of drug-likeness (QED) is 0.511. The summed E-state index contributed by atoms with van der Waals surface area (Å²) in [4.78, 5) is 26.7. The highest BCUT2D eigenvalue weighted by Gasteiger charge is 2.70. The summed E-state index contributed by atoms with van der Waals surface area (Å²) < 4.78 is 0. The van der Waals surface area contributed by atoms with Crippen molar-refractivity contribution in [1.82, 2.24) is 0 Å². The fourth-order valence-corrected chi connectivity index (χ4v) is 10.4. The van der Waals surface area contributed by atoms with E-state index in [2.05, 4.69) is 54.5 Å². The molecule has 4 N–H and O–H groups in total. The normalized spacial score (nSPS) is 54.1. The van der Waals surface area contributed by atoms with Gasteiger partial charge in [0, 0.05) is 17.4 Å². The highest BCUT2D eigenvalue weighted by molar-refractivity contribution is 5.95. The molecule has 4 fully saturated rings. The Kier molecular flexibility index (Phi) is 5.04. The van der Waals surface area contributed by atoms with Crippen LogP contribution in [0.3, 0.4) is 0 Å². The van der Waals surface area contributed by atoms with Crippen molar-refractivity contribution in [2.45, 2.75) is 112 Å². The van der Waals surface area contributed by atoms with Crippen LogP contribution in [0.2, 0.25) is 0 Å². The number of amides is 1. The van der Waals surface area contributed by atoms with Gasteiger partial charge in [-0.15, -0.1) is 0 Å². The molecule has 1 amide bonds. The van der Waals surface area contributed by atoms with Gasteiger partial charge in [-0.2, -0.15) is 0 Å². The van der Waals surface area contributed by atoms with Crippen LogP contribution in [-0.4, -0.2) is 17.7 Å². The first kappa shape index (κ1) is 24.5. The van der Waals surface area contributed by atoms with Crippen molar-refractivity contribution < 1.29 is 9.59 Å². The predicted molar refractivity (Wildman–Crippen MR) is 137 cm³/mol. The number of carbonyl (C=O) groups excluding carboxylic acids is 2. The zero-order valence-corrected chi connectivity index (χ0v) is 22.7. The van der Waals surface area contributed by atoms with Gasteiger partial charge in [0.2, 0.25) is 5.91 Å². The fraction of sp³-hybridized carbons (Fsp3) is 0.867. The van der Waals surface area contributed by atoms with Crippen LogP contribution < -0.4 is 11.5 Å². The molecule has 4 nitrogen and oxygen atoms in total. The lowest BCUT2D eigenvalue weighted by Crippen LogP contribution is -2.67. The Morgan fingerprint density at radius 3 is 2.21 bits per heavy atom. The van der Waals surface area contributed by atoms with Crippen LogP contribution in [0.15, 0.2) is 11.6 Å². The third-order valence-electron chi connectivity index (χ3n) is 13.3. The summed E-state index contributed by atoms with van der Waals surface area (Å²) in [5, 5.41) is 0. The summed E-state index contributed by atoms with van der Waals surface area (Å²) in [6, 6.07) is 0.208. The number of fused-ring (bicyclic) bond motifs is 7. The van der Waals surface area contributed by atoms with Gasteiger partial charge in [-0.3, -0.25) is 9.59 Å². The van der Waals surface area contributed by atoms with Crippen molar-refractivity contribution in [2.75, 3.05) is 0 Å². The second-order valence-corrected chi connectivity index (χ2v) is 15.1. The third kappa shape index (κ3) is 2.81. The van der Waals surface area contributed by atoms with Gasteiger partial charge in [0.25, 0.3) is 0 Å². The minimum Gasteiger partial charge on any atom is -0.369 e. The average molecular weight is 469 g/mol. The number of hydrogen-bond acceptors (Lipinski definition) is 3. The minimum atomic E-state index is -0.475. The largest absolute Gasteiger partial charge is 0.369 e. The number of hydrogen-bond donors (Lipinski definition) is 2. The van der Waals surface area contributed by atoms with Crippen LogP contribution in [0.5, 0.6) is 0 Å². The molecule has 5 aliphatic rings. The molecule has 4 saturated carbocycles. The maximum atomic E-state index is 14.3. The molecule has 190 valence electrons. The highest BCUT2D eigenvalue weighted by Crippen LogP contribution is 2.75. The minimum absolute atomic E-state index is 0.0104. The molecule has 0 unspecified atom stereocenters. The zero-order chi connectivity index (χ0) is 25.1. The molecule has 0 bridgehead atoms. The third-order valence-corrected chi connectivity index (χ3v) is 13.3. The fourth-order valence-electron chi connectivity index (χ4n) is 10.4. The number of carbonyl (C=O) groups is 2. The van der Waals surface area contributed by atoms with E-state index in [-0.39, 0.29) is 50.9 Å². The molecule has 0 aromatic heterocycles. The standard InChI is InChI=1S/C30H48N2O2/c1-25(2)21-8-11-30(7)23(28(21,5)10-9-22(25)31)20(33)16-18-19-17-27(4,24(32)34)13-12-26(19,3)14-15-29(18,30)6/h16,19,21-23H,8-15,17,31H2,1-7H3,(H2,32,34)/t19-,21-,22+,23+,26+,27-,28-,29+,30+/m0/s1. The lowest BCUT2D eigenvalue weighted by Gasteiger charge is -2.70. The second kappa shape index (κ2) is 6.99.